The predicted molar refractivity (Wildman–Crippen MR) is 113 cm³/mol. The minimum atomic E-state index is -3.71. The number of halogens is 1. The van der Waals surface area contributed by atoms with Crippen molar-refractivity contribution in [3.63, 3.8) is 0 Å². The second-order valence-electron chi connectivity index (χ2n) is 7.12. The molecule has 1 aliphatic rings. The van der Waals surface area contributed by atoms with Gasteiger partial charge in [-0.2, -0.15) is 4.31 Å². The summed E-state index contributed by atoms with van der Waals surface area (Å²) >= 11 is 6.14. The van der Waals surface area contributed by atoms with Crippen LogP contribution >= 0.6 is 11.6 Å². The van der Waals surface area contributed by atoms with Crippen LogP contribution in [0.1, 0.15) is 17.2 Å². The van der Waals surface area contributed by atoms with Crippen LogP contribution in [-0.2, 0) is 17.1 Å². The lowest BCUT2D eigenvalue weighted by Crippen LogP contribution is -2.49. The summed E-state index contributed by atoms with van der Waals surface area (Å²) in [5.74, 6) is 0. The van der Waals surface area contributed by atoms with Gasteiger partial charge in [0.25, 0.3) is 10.0 Å². The standard InChI is InChI=1S/C21H23ClN4O2S/c1-24-16-23-21(20(24)22)29(27,28)26-14-12-25(13-15-26)19(17-8-4-2-5-9-17)18-10-6-3-7-11-18/h2-11,16,19H,12-15H2,1H3. The van der Waals surface area contributed by atoms with Crippen molar-refractivity contribution in [3.8, 4) is 0 Å². The lowest BCUT2D eigenvalue weighted by molar-refractivity contribution is 0.155. The number of hydrogen-bond donors (Lipinski definition) is 0. The highest BCUT2D eigenvalue weighted by molar-refractivity contribution is 7.89. The van der Waals surface area contributed by atoms with E-state index in [1.165, 1.54) is 26.3 Å². The van der Waals surface area contributed by atoms with Crippen molar-refractivity contribution < 1.29 is 8.42 Å². The molecule has 3 aromatic rings. The fourth-order valence-electron chi connectivity index (χ4n) is 3.78. The average Bonchev–Trinajstić information content (AvgIpc) is 3.09. The second kappa shape index (κ2) is 8.28. The van der Waals surface area contributed by atoms with Crippen molar-refractivity contribution in [2.75, 3.05) is 26.2 Å². The van der Waals surface area contributed by atoms with Gasteiger partial charge >= 0.3 is 0 Å². The van der Waals surface area contributed by atoms with Crippen molar-refractivity contribution in [1.82, 2.24) is 18.8 Å². The molecule has 4 rings (SSSR count). The Morgan fingerprint density at radius 1 is 0.897 bits per heavy atom. The first-order valence-electron chi connectivity index (χ1n) is 9.49. The van der Waals surface area contributed by atoms with E-state index >= 15 is 0 Å². The molecule has 0 saturated carbocycles. The monoisotopic (exact) mass is 430 g/mol. The van der Waals surface area contributed by atoms with Crippen LogP contribution in [0.4, 0.5) is 0 Å². The van der Waals surface area contributed by atoms with Gasteiger partial charge in [0.1, 0.15) is 5.15 Å². The van der Waals surface area contributed by atoms with Gasteiger partial charge in [-0.25, -0.2) is 13.4 Å². The maximum Gasteiger partial charge on any atom is 0.263 e. The number of imidazole rings is 1. The highest BCUT2D eigenvalue weighted by Crippen LogP contribution is 2.31. The molecule has 29 heavy (non-hydrogen) atoms. The molecule has 1 saturated heterocycles. The summed E-state index contributed by atoms with van der Waals surface area (Å²) < 4.78 is 29.0. The van der Waals surface area contributed by atoms with E-state index in [9.17, 15) is 8.42 Å². The zero-order chi connectivity index (χ0) is 20.4. The topological polar surface area (TPSA) is 58.4 Å². The second-order valence-corrected chi connectivity index (χ2v) is 9.33. The molecule has 0 amide bonds. The minimum Gasteiger partial charge on any atom is -0.324 e. The van der Waals surface area contributed by atoms with E-state index in [0.717, 1.165) is 0 Å². The largest absolute Gasteiger partial charge is 0.324 e. The van der Waals surface area contributed by atoms with Crippen molar-refractivity contribution in [2.24, 2.45) is 7.05 Å². The lowest BCUT2D eigenvalue weighted by Gasteiger charge is -2.39. The molecule has 1 aromatic heterocycles. The first kappa shape index (κ1) is 20.1. The molecule has 1 aliphatic heterocycles. The molecule has 6 nitrogen and oxygen atoms in total. The van der Waals surface area contributed by atoms with Gasteiger partial charge in [-0.1, -0.05) is 72.3 Å². The molecule has 0 aliphatic carbocycles. The molecule has 1 fully saturated rings. The molecule has 0 spiro atoms. The number of piperazine rings is 1. The van der Waals surface area contributed by atoms with Crippen molar-refractivity contribution in [1.29, 1.82) is 0 Å². The van der Waals surface area contributed by atoms with Crippen LogP contribution < -0.4 is 0 Å². The number of benzene rings is 2. The summed E-state index contributed by atoms with van der Waals surface area (Å²) in [6.45, 7) is 2.03. The van der Waals surface area contributed by atoms with Crippen LogP contribution in [0.25, 0.3) is 0 Å². The molecule has 0 atom stereocenters. The third kappa shape index (κ3) is 3.96. The number of nitrogens with zero attached hydrogens (tertiary/aromatic N) is 4. The fourth-order valence-corrected chi connectivity index (χ4v) is 5.59. The Morgan fingerprint density at radius 3 is 1.86 bits per heavy atom. The third-order valence-electron chi connectivity index (χ3n) is 5.29. The Bertz CT molecular complexity index is 1020. The highest BCUT2D eigenvalue weighted by Gasteiger charge is 2.34. The fraction of sp³-hybridized carbons (Fsp3) is 0.286. The van der Waals surface area contributed by atoms with Crippen molar-refractivity contribution in [3.05, 3.63) is 83.3 Å². The van der Waals surface area contributed by atoms with Crippen molar-refractivity contribution >= 4 is 21.6 Å². The van der Waals surface area contributed by atoms with Gasteiger partial charge in [0.2, 0.25) is 5.03 Å². The zero-order valence-electron chi connectivity index (χ0n) is 16.1. The quantitative estimate of drug-likeness (QED) is 0.623. The molecule has 0 radical (unpaired) electrons. The van der Waals surface area contributed by atoms with E-state index in [1.54, 1.807) is 7.05 Å². The summed E-state index contributed by atoms with van der Waals surface area (Å²) in [5, 5.41) is 0.0664. The molecule has 0 bridgehead atoms. The number of sulfonamides is 1. The first-order chi connectivity index (χ1) is 14.0. The summed E-state index contributed by atoms with van der Waals surface area (Å²) in [7, 11) is -2.03. The predicted octanol–water partition coefficient (Wildman–Crippen LogP) is 3.17. The summed E-state index contributed by atoms with van der Waals surface area (Å²) in [4.78, 5) is 6.33. The van der Waals surface area contributed by atoms with Crippen LogP contribution in [0.3, 0.4) is 0 Å². The SMILES string of the molecule is Cn1cnc(S(=O)(=O)N2CCN(C(c3ccccc3)c3ccccc3)CC2)c1Cl. The molecule has 2 heterocycles. The number of aryl methyl sites for hydroxylation is 1. The maximum atomic E-state index is 13.0. The molecule has 152 valence electrons. The van der Waals surface area contributed by atoms with E-state index in [1.807, 2.05) is 36.4 Å². The Kier molecular flexibility index (Phi) is 5.74. The van der Waals surface area contributed by atoms with Gasteiger partial charge < -0.3 is 4.57 Å². The average molecular weight is 431 g/mol. The van der Waals surface area contributed by atoms with Crippen molar-refractivity contribution in [2.45, 2.75) is 11.1 Å². The van der Waals surface area contributed by atoms with Crippen LogP contribution in [0.2, 0.25) is 5.15 Å². The smallest absolute Gasteiger partial charge is 0.263 e. The number of rotatable bonds is 5. The van der Waals surface area contributed by atoms with E-state index in [2.05, 4.69) is 34.1 Å². The summed E-state index contributed by atoms with van der Waals surface area (Å²) in [5.41, 5.74) is 2.39. The Balaban J connectivity index is 1.56. The normalized spacial score (nSPS) is 16.4. The van der Waals surface area contributed by atoms with E-state index in [4.69, 9.17) is 11.6 Å². The molecular formula is C21H23ClN4O2S. The van der Waals surface area contributed by atoms with Gasteiger partial charge in [-0.05, 0) is 11.1 Å². The number of hydrogen-bond acceptors (Lipinski definition) is 4. The van der Waals surface area contributed by atoms with E-state index < -0.39 is 10.0 Å². The van der Waals surface area contributed by atoms with Crippen LogP contribution in [0.15, 0.2) is 72.0 Å². The van der Waals surface area contributed by atoms with Crippen LogP contribution in [0.5, 0.6) is 0 Å². The van der Waals surface area contributed by atoms with Gasteiger partial charge in [0.15, 0.2) is 0 Å². The van der Waals surface area contributed by atoms with Crippen LogP contribution in [-0.4, -0.2) is 53.4 Å². The van der Waals surface area contributed by atoms with Gasteiger partial charge in [-0.3, -0.25) is 4.90 Å². The van der Waals surface area contributed by atoms with Gasteiger partial charge in [-0.15, -0.1) is 0 Å². The lowest BCUT2D eigenvalue weighted by atomic mass is 9.96. The Hall–Kier alpha value is -2.19. The first-order valence-corrected chi connectivity index (χ1v) is 11.3. The number of aromatic nitrogens is 2. The van der Waals surface area contributed by atoms with E-state index in [-0.39, 0.29) is 16.2 Å². The van der Waals surface area contributed by atoms with E-state index in [0.29, 0.717) is 26.2 Å². The molecule has 2 aromatic carbocycles. The van der Waals surface area contributed by atoms with Gasteiger partial charge in [0, 0.05) is 33.2 Å². The zero-order valence-corrected chi connectivity index (χ0v) is 17.7. The Morgan fingerprint density at radius 2 is 1.41 bits per heavy atom. The maximum absolute atomic E-state index is 13.0. The van der Waals surface area contributed by atoms with Crippen LogP contribution in [0, 0.1) is 0 Å². The molecule has 8 heteroatoms. The third-order valence-corrected chi connectivity index (χ3v) is 7.68. The van der Waals surface area contributed by atoms with Gasteiger partial charge in [0.05, 0.1) is 12.4 Å². The highest BCUT2D eigenvalue weighted by atomic mass is 35.5. The molecule has 0 N–H and O–H groups in total. The summed E-state index contributed by atoms with van der Waals surface area (Å²) in [6.07, 6.45) is 1.42. The molecular weight excluding hydrogens is 408 g/mol. The summed E-state index contributed by atoms with van der Waals surface area (Å²) in [6, 6.07) is 20.7. The Labute approximate surface area is 176 Å². The minimum absolute atomic E-state index is 0.0715. The molecule has 0 unspecified atom stereocenters.